The largest absolute Gasteiger partial charge is 0.463 e. The minimum absolute atomic E-state index is 0.116. The number of carbonyl (C=O) groups excluding carboxylic acids is 2. The highest BCUT2D eigenvalue weighted by molar-refractivity contribution is 5.98. The minimum Gasteiger partial charge on any atom is -0.463 e. The van der Waals surface area contributed by atoms with Gasteiger partial charge in [-0.15, -0.1) is 0 Å². The van der Waals surface area contributed by atoms with Crippen molar-refractivity contribution < 1.29 is 14.3 Å². The SMILES string of the molecule is CCCCOc1nc(N)c2[nH]c(=O)n(Cc3ccc(C(=O)CCC(=O)NC(C)(C)C)cc3)c2n1. The van der Waals surface area contributed by atoms with Gasteiger partial charge in [0.1, 0.15) is 5.52 Å². The van der Waals surface area contributed by atoms with Crippen molar-refractivity contribution in [1.82, 2.24) is 24.8 Å². The summed E-state index contributed by atoms with van der Waals surface area (Å²) in [5.41, 5.74) is 7.31. The molecule has 34 heavy (non-hydrogen) atoms. The van der Waals surface area contributed by atoms with E-state index in [0.29, 0.717) is 23.3 Å². The van der Waals surface area contributed by atoms with Crippen LogP contribution in [0.1, 0.15) is 69.3 Å². The van der Waals surface area contributed by atoms with Crippen LogP contribution in [0, 0.1) is 0 Å². The van der Waals surface area contributed by atoms with Gasteiger partial charge in [0.05, 0.1) is 13.2 Å². The van der Waals surface area contributed by atoms with E-state index in [4.69, 9.17) is 10.5 Å². The first-order chi connectivity index (χ1) is 16.1. The molecule has 10 heteroatoms. The number of nitrogens with one attached hydrogen (secondary N) is 2. The Bertz CT molecular complexity index is 1220. The fourth-order valence-electron chi connectivity index (χ4n) is 3.38. The van der Waals surface area contributed by atoms with E-state index in [0.717, 1.165) is 18.4 Å². The summed E-state index contributed by atoms with van der Waals surface area (Å²) >= 11 is 0. The Morgan fingerprint density at radius 2 is 1.85 bits per heavy atom. The first-order valence-electron chi connectivity index (χ1n) is 11.4. The lowest BCUT2D eigenvalue weighted by Crippen LogP contribution is -2.40. The second-order valence-electron chi connectivity index (χ2n) is 9.23. The van der Waals surface area contributed by atoms with Crippen LogP contribution in [0.25, 0.3) is 11.2 Å². The molecule has 0 fully saturated rings. The molecule has 3 aromatic rings. The molecule has 1 amide bonds. The number of aromatic nitrogens is 4. The van der Waals surface area contributed by atoms with Crippen LogP contribution >= 0.6 is 0 Å². The third-order valence-corrected chi connectivity index (χ3v) is 5.07. The predicted octanol–water partition coefficient (Wildman–Crippen LogP) is 2.81. The molecule has 1 aromatic carbocycles. The van der Waals surface area contributed by atoms with Crippen molar-refractivity contribution >= 4 is 28.7 Å². The third-order valence-electron chi connectivity index (χ3n) is 5.07. The summed E-state index contributed by atoms with van der Waals surface area (Å²) < 4.78 is 7.01. The lowest BCUT2D eigenvalue weighted by atomic mass is 10.0. The van der Waals surface area contributed by atoms with E-state index in [1.165, 1.54) is 4.57 Å². The van der Waals surface area contributed by atoms with Gasteiger partial charge in [-0.25, -0.2) is 4.79 Å². The van der Waals surface area contributed by atoms with Crippen molar-refractivity contribution in [2.75, 3.05) is 12.3 Å². The summed E-state index contributed by atoms with van der Waals surface area (Å²) in [4.78, 5) is 48.1. The van der Waals surface area contributed by atoms with E-state index in [9.17, 15) is 14.4 Å². The monoisotopic (exact) mass is 468 g/mol. The van der Waals surface area contributed by atoms with Gasteiger partial charge in [-0.3, -0.25) is 14.2 Å². The second-order valence-corrected chi connectivity index (χ2v) is 9.23. The van der Waals surface area contributed by atoms with Gasteiger partial charge in [0.25, 0.3) is 0 Å². The molecule has 182 valence electrons. The Labute approximate surface area is 197 Å². The zero-order valence-electron chi connectivity index (χ0n) is 20.1. The highest BCUT2D eigenvalue weighted by Gasteiger charge is 2.17. The molecule has 0 saturated heterocycles. The zero-order chi connectivity index (χ0) is 24.9. The number of nitrogen functional groups attached to an aromatic ring is 1. The second kappa shape index (κ2) is 10.5. The number of hydrogen-bond donors (Lipinski definition) is 3. The standard InChI is InChI=1S/C24H32N6O4/c1-5-6-13-34-22-27-20(25)19-21(28-22)30(23(33)26-19)14-15-7-9-16(10-8-15)17(31)11-12-18(32)29-24(2,3)4/h7-10H,5-6,11-14H2,1-4H3,(H,26,33)(H,29,32)(H2,25,27,28). The maximum atomic E-state index is 12.5. The van der Waals surface area contributed by atoms with Gasteiger partial charge in [-0.1, -0.05) is 37.6 Å². The van der Waals surface area contributed by atoms with Gasteiger partial charge in [0.15, 0.2) is 17.2 Å². The number of rotatable bonds is 10. The van der Waals surface area contributed by atoms with Gasteiger partial charge >= 0.3 is 11.7 Å². The van der Waals surface area contributed by atoms with Crippen LogP contribution in [0.15, 0.2) is 29.1 Å². The molecule has 0 atom stereocenters. The number of ketones is 1. The maximum absolute atomic E-state index is 12.5. The summed E-state index contributed by atoms with van der Waals surface area (Å²) in [6.45, 7) is 8.42. The van der Waals surface area contributed by atoms with Crippen LogP contribution in [0.4, 0.5) is 5.82 Å². The molecule has 2 heterocycles. The third kappa shape index (κ3) is 6.43. The number of nitrogens with two attached hydrogens (primary N) is 1. The molecular formula is C24H32N6O4. The molecular weight excluding hydrogens is 436 g/mol. The molecule has 4 N–H and O–H groups in total. The summed E-state index contributed by atoms with van der Waals surface area (Å²) in [7, 11) is 0. The van der Waals surface area contributed by atoms with Crippen molar-refractivity contribution in [1.29, 1.82) is 0 Å². The molecule has 0 saturated carbocycles. The van der Waals surface area contributed by atoms with Crippen molar-refractivity contribution in [2.24, 2.45) is 0 Å². The van der Waals surface area contributed by atoms with E-state index >= 15 is 0 Å². The number of amides is 1. The minimum atomic E-state index is -0.369. The first-order valence-corrected chi connectivity index (χ1v) is 11.4. The number of ether oxygens (including phenoxy) is 1. The average Bonchev–Trinajstić information content (AvgIpc) is 3.07. The molecule has 2 aromatic heterocycles. The number of anilines is 1. The smallest absolute Gasteiger partial charge is 0.328 e. The number of Topliss-reactive ketones (excluding diaryl/α,β-unsaturated/α-hetero) is 1. The van der Waals surface area contributed by atoms with Crippen molar-refractivity contribution in [3.05, 3.63) is 45.9 Å². The summed E-state index contributed by atoms with van der Waals surface area (Å²) in [6, 6.07) is 7.07. The van der Waals surface area contributed by atoms with E-state index in [-0.39, 0.29) is 54.1 Å². The molecule has 0 aliphatic carbocycles. The van der Waals surface area contributed by atoms with Gasteiger partial charge in [-0.05, 0) is 32.8 Å². The first kappa shape index (κ1) is 24.9. The van der Waals surface area contributed by atoms with Crippen LogP contribution < -0.4 is 21.5 Å². The molecule has 10 nitrogen and oxygen atoms in total. The molecule has 3 rings (SSSR count). The van der Waals surface area contributed by atoms with E-state index in [2.05, 4.69) is 20.3 Å². The summed E-state index contributed by atoms with van der Waals surface area (Å²) in [6.07, 6.45) is 2.08. The number of fused-ring (bicyclic) bond motifs is 1. The lowest BCUT2D eigenvalue weighted by molar-refractivity contribution is -0.122. The van der Waals surface area contributed by atoms with Crippen molar-refractivity contribution in [3.63, 3.8) is 0 Å². The van der Waals surface area contributed by atoms with Gasteiger partial charge < -0.3 is 20.8 Å². The Balaban J connectivity index is 1.71. The molecule has 0 spiro atoms. The van der Waals surface area contributed by atoms with Crippen molar-refractivity contribution in [2.45, 2.75) is 65.5 Å². The molecule has 0 radical (unpaired) electrons. The Hall–Kier alpha value is -3.69. The fraction of sp³-hybridized carbons (Fsp3) is 0.458. The lowest BCUT2D eigenvalue weighted by Gasteiger charge is -2.20. The van der Waals surface area contributed by atoms with Gasteiger partial charge in [-0.2, -0.15) is 9.97 Å². The number of nitrogens with zero attached hydrogens (tertiary/aromatic N) is 3. The maximum Gasteiger partial charge on any atom is 0.328 e. The molecule has 0 unspecified atom stereocenters. The Kier molecular flexibility index (Phi) is 7.70. The Morgan fingerprint density at radius 3 is 2.50 bits per heavy atom. The molecule has 0 aliphatic rings. The van der Waals surface area contributed by atoms with Crippen LogP contribution in [0.5, 0.6) is 6.01 Å². The number of H-pyrrole nitrogens is 1. The van der Waals surface area contributed by atoms with E-state index in [1.54, 1.807) is 24.3 Å². The van der Waals surface area contributed by atoms with Gasteiger partial charge in [0.2, 0.25) is 5.91 Å². The van der Waals surface area contributed by atoms with Crippen LogP contribution in [-0.2, 0) is 11.3 Å². The number of imidazole rings is 1. The number of carbonyl (C=O) groups is 2. The fourth-order valence-corrected chi connectivity index (χ4v) is 3.38. The number of aromatic amines is 1. The molecule has 0 bridgehead atoms. The molecule has 0 aliphatic heterocycles. The Morgan fingerprint density at radius 1 is 1.15 bits per heavy atom. The highest BCUT2D eigenvalue weighted by atomic mass is 16.5. The summed E-state index contributed by atoms with van der Waals surface area (Å²) in [5.74, 6) is -0.131. The number of unbranched alkanes of at least 4 members (excludes halogenated alkanes) is 1. The zero-order valence-corrected chi connectivity index (χ0v) is 20.1. The summed E-state index contributed by atoms with van der Waals surface area (Å²) in [5, 5.41) is 2.85. The van der Waals surface area contributed by atoms with Crippen LogP contribution in [0.3, 0.4) is 0 Å². The number of hydrogen-bond acceptors (Lipinski definition) is 7. The van der Waals surface area contributed by atoms with Crippen LogP contribution in [-0.4, -0.2) is 43.4 Å². The van der Waals surface area contributed by atoms with Gasteiger partial charge in [0, 0.05) is 23.9 Å². The highest BCUT2D eigenvalue weighted by Crippen LogP contribution is 2.19. The quantitative estimate of drug-likeness (QED) is 0.306. The van der Waals surface area contributed by atoms with Crippen molar-refractivity contribution in [3.8, 4) is 6.01 Å². The number of benzene rings is 1. The van der Waals surface area contributed by atoms with E-state index < -0.39 is 0 Å². The van der Waals surface area contributed by atoms with E-state index in [1.807, 2.05) is 27.7 Å². The topological polar surface area (TPSA) is 145 Å². The predicted molar refractivity (Wildman–Crippen MR) is 130 cm³/mol. The normalized spacial score (nSPS) is 11.5. The average molecular weight is 469 g/mol. The van der Waals surface area contributed by atoms with Crippen LogP contribution in [0.2, 0.25) is 0 Å².